The van der Waals surface area contributed by atoms with Crippen molar-refractivity contribution < 1.29 is 48.1 Å². The summed E-state index contributed by atoms with van der Waals surface area (Å²) in [5.74, 6) is -1.57. The number of aromatic hydroxyl groups is 1. The standard InChI is InChI=1S/C56H89N7O10S3/c1-10-38(6)50(61-54(70)46-20-16-17-27-62(46)9)56(71)63(35-72-49(66)30-36(2)3)47(37(4)5)33-48(73-40(8)64)55-60-45(34-74-55)53(69)59-43(32-41-21-23-44(65)24-22-41)31-39(7)51(67)57-25-28-75-76-29-26-58-52(68)42-18-14-12-11-13-15-19-42/h21-24,34,36-39,42-43,46-48,50,65H,10-20,25-33,35H2,1-9H3,(H,57,67)(H,58,68)(H,59,69)(H,61,70)/t38-,39-,43+,46+,47?,48+,50-/m0/s1. The lowest BCUT2D eigenvalue weighted by atomic mass is 9.90. The summed E-state index contributed by atoms with van der Waals surface area (Å²) in [6.07, 6.45) is 10.8. The van der Waals surface area contributed by atoms with Crippen molar-refractivity contribution in [2.75, 3.05) is 44.9 Å². The van der Waals surface area contributed by atoms with Gasteiger partial charge in [0.15, 0.2) is 12.8 Å². The lowest BCUT2D eigenvalue weighted by Gasteiger charge is -2.39. The van der Waals surface area contributed by atoms with Gasteiger partial charge in [-0.25, -0.2) is 4.98 Å². The van der Waals surface area contributed by atoms with Crippen LogP contribution in [0.25, 0.3) is 0 Å². The zero-order chi connectivity index (χ0) is 55.7. The number of hydrogen-bond acceptors (Lipinski definition) is 15. The number of carbonyl (C=O) groups is 7. The highest BCUT2D eigenvalue weighted by Crippen LogP contribution is 2.32. The second-order valence-electron chi connectivity index (χ2n) is 21.6. The number of phenols is 1. The highest BCUT2D eigenvalue weighted by molar-refractivity contribution is 8.76. The number of thiazole rings is 1. The van der Waals surface area contributed by atoms with Crippen LogP contribution in [0.1, 0.15) is 172 Å². The largest absolute Gasteiger partial charge is 0.508 e. The SMILES string of the molecule is CC[C@H](C)[C@H](NC(=O)[C@H]1CCCCN1C)C(=O)N(COC(=O)CC(C)C)C(C[C@@H](OC(C)=O)c1nc(C(=O)N[C@@H](Cc2ccc(O)cc2)C[C@H](C)C(=O)NCCSSCCNC(=O)C2CCCCCCC2)cs1)C(C)C. The number of esters is 2. The maximum absolute atomic E-state index is 15.0. The molecule has 5 N–H and O–H groups in total. The van der Waals surface area contributed by atoms with Crippen LogP contribution < -0.4 is 21.3 Å². The summed E-state index contributed by atoms with van der Waals surface area (Å²) in [6.45, 7) is 16.0. The van der Waals surface area contributed by atoms with Crippen molar-refractivity contribution in [3.8, 4) is 5.75 Å². The minimum atomic E-state index is -1.01. The second-order valence-corrected chi connectivity index (χ2v) is 25.2. The van der Waals surface area contributed by atoms with Crippen molar-refractivity contribution in [1.82, 2.24) is 36.1 Å². The summed E-state index contributed by atoms with van der Waals surface area (Å²) in [7, 11) is 5.21. The summed E-state index contributed by atoms with van der Waals surface area (Å²) < 4.78 is 11.7. The Hall–Kier alpha value is -4.40. The number of nitrogens with one attached hydrogen (secondary N) is 4. The maximum atomic E-state index is 15.0. The van der Waals surface area contributed by atoms with Crippen LogP contribution in [0.3, 0.4) is 0 Å². The zero-order valence-electron chi connectivity index (χ0n) is 46.7. The van der Waals surface area contributed by atoms with E-state index in [1.807, 2.05) is 60.4 Å². The predicted octanol–water partition coefficient (Wildman–Crippen LogP) is 8.60. The maximum Gasteiger partial charge on any atom is 0.307 e. The van der Waals surface area contributed by atoms with E-state index in [2.05, 4.69) is 21.3 Å². The van der Waals surface area contributed by atoms with Crippen molar-refractivity contribution in [1.29, 1.82) is 0 Å². The fraction of sp³-hybridized carbons (Fsp3) is 0.714. The van der Waals surface area contributed by atoms with E-state index in [0.29, 0.717) is 49.5 Å². The number of nitrogens with zero attached hydrogens (tertiary/aromatic N) is 3. The van der Waals surface area contributed by atoms with Gasteiger partial charge in [-0.15, -0.1) is 11.3 Å². The Morgan fingerprint density at radius 1 is 0.842 bits per heavy atom. The molecule has 426 valence electrons. The van der Waals surface area contributed by atoms with E-state index in [4.69, 9.17) is 14.5 Å². The van der Waals surface area contributed by atoms with Gasteiger partial charge < -0.3 is 40.7 Å². The van der Waals surface area contributed by atoms with Crippen LogP contribution in [-0.4, -0.2) is 130 Å². The number of carbonyl (C=O) groups excluding carboxylic acids is 7. The Morgan fingerprint density at radius 3 is 2.11 bits per heavy atom. The molecule has 0 bridgehead atoms. The fourth-order valence-corrected chi connectivity index (χ4v) is 12.4. The molecule has 0 spiro atoms. The lowest BCUT2D eigenvalue weighted by molar-refractivity contribution is -0.161. The van der Waals surface area contributed by atoms with E-state index in [-0.39, 0.29) is 71.7 Å². The Balaban J connectivity index is 1.46. The van der Waals surface area contributed by atoms with Crippen molar-refractivity contribution in [2.45, 2.75) is 182 Å². The first-order valence-corrected chi connectivity index (χ1v) is 31.1. The molecule has 1 unspecified atom stereocenters. The van der Waals surface area contributed by atoms with E-state index >= 15 is 0 Å². The Bertz CT molecular complexity index is 2140. The van der Waals surface area contributed by atoms with Crippen LogP contribution in [0.15, 0.2) is 29.6 Å². The van der Waals surface area contributed by atoms with Gasteiger partial charge in [0.05, 0.1) is 6.04 Å². The topological polar surface area (TPSA) is 226 Å². The quantitative estimate of drug-likeness (QED) is 0.0214. The third-order valence-electron chi connectivity index (χ3n) is 14.4. The first-order valence-electron chi connectivity index (χ1n) is 27.8. The monoisotopic (exact) mass is 1120 g/mol. The van der Waals surface area contributed by atoms with Crippen LogP contribution in [0.5, 0.6) is 5.75 Å². The van der Waals surface area contributed by atoms with Crippen LogP contribution in [0.2, 0.25) is 0 Å². The van der Waals surface area contributed by atoms with Gasteiger partial charge in [0.2, 0.25) is 23.6 Å². The molecule has 7 atom stereocenters. The summed E-state index contributed by atoms with van der Waals surface area (Å²) in [5, 5.41) is 24.2. The molecular weight excluding hydrogens is 1030 g/mol. The second kappa shape index (κ2) is 33.8. The number of ether oxygens (including phenoxy) is 2. The van der Waals surface area contributed by atoms with Crippen LogP contribution in [0.4, 0.5) is 0 Å². The molecule has 17 nitrogen and oxygen atoms in total. The molecule has 20 heteroatoms. The molecule has 2 aromatic rings. The first-order chi connectivity index (χ1) is 36.3. The minimum Gasteiger partial charge on any atom is -0.508 e. The molecule has 4 rings (SSSR count). The van der Waals surface area contributed by atoms with Crippen LogP contribution in [-0.2, 0) is 44.7 Å². The van der Waals surface area contributed by atoms with Gasteiger partial charge >= 0.3 is 11.9 Å². The normalized spacial score (nSPS) is 18.0. The molecule has 1 aromatic carbocycles. The average Bonchev–Trinajstić information content (AvgIpc) is 3.86. The predicted molar refractivity (Wildman–Crippen MR) is 302 cm³/mol. The molecule has 1 saturated carbocycles. The molecule has 76 heavy (non-hydrogen) atoms. The Labute approximate surface area is 464 Å². The highest BCUT2D eigenvalue weighted by Gasteiger charge is 2.40. The molecule has 0 radical (unpaired) electrons. The molecule has 1 aliphatic carbocycles. The van der Waals surface area contributed by atoms with Gasteiger partial charge in [-0.3, -0.25) is 38.5 Å². The van der Waals surface area contributed by atoms with Gasteiger partial charge in [-0.1, -0.05) is 127 Å². The number of rotatable bonds is 30. The van der Waals surface area contributed by atoms with E-state index in [1.54, 1.807) is 51.2 Å². The number of aromatic nitrogens is 1. The summed E-state index contributed by atoms with van der Waals surface area (Å²) in [4.78, 5) is 103. The van der Waals surface area contributed by atoms with Crippen molar-refractivity contribution in [3.63, 3.8) is 0 Å². The molecule has 1 aromatic heterocycles. The van der Waals surface area contributed by atoms with Gasteiger partial charge in [0, 0.05) is 73.7 Å². The van der Waals surface area contributed by atoms with E-state index in [0.717, 1.165) is 67.7 Å². The van der Waals surface area contributed by atoms with Crippen molar-refractivity contribution in [2.24, 2.45) is 29.6 Å². The molecule has 5 amide bonds. The summed E-state index contributed by atoms with van der Waals surface area (Å²) in [6, 6.07) is 4.14. The zero-order valence-corrected chi connectivity index (χ0v) is 49.1. The first kappa shape index (κ1) is 64.1. The van der Waals surface area contributed by atoms with Crippen LogP contribution in [0, 0.1) is 29.6 Å². The van der Waals surface area contributed by atoms with Gasteiger partial charge in [-0.2, -0.15) is 0 Å². The average molecular weight is 1120 g/mol. The number of benzene rings is 1. The Kier molecular flexibility index (Phi) is 28.5. The molecule has 2 heterocycles. The number of likely N-dealkylation sites (N-methyl/N-ethyl adjacent to an activating group) is 1. The number of phenolic OH excluding ortho intramolecular Hbond substituents is 1. The van der Waals surface area contributed by atoms with Gasteiger partial charge in [-0.05, 0) is 87.6 Å². The molecular formula is C56H89N7O10S3. The van der Waals surface area contributed by atoms with Gasteiger partial charge in [0.1, 0.15) is 22.5 Å². The fourth-order valence-electron chi connectivity index (χ4n) is 9.78. The number of piperidine rings is 1. The molecule has 1 saturated heterocycles. The lowest BCUT2D eigenvalue weighted by Crippen LogP contribution is -2.59. The number of likely N-dealkylation sites (tertiary alicyclic amines) is 1. The molecule has 1 aliphatic heterocycles. The molecule has 2 aliphatic rings. The van der Waals surface area contributed by atoms with Gasteiger partial charge in [0.25, 0.3) is 5.91 Å². The van der Waals surface area contributed by atoms with Crippen molar-refractivity contribution >= 4 is 74.4 Å². The van der Waals surface area contributed by atoms with Crippen molar-refractivity contribution in [3.05, 3.63) is 45.9 Å². The number of amides is 5. The number of hydrogen-bond donors (Lipinski definition) is 5. The third kappa shape index (κ3) is 22.2. The third-order valence-corrected chi connectivity index (χ3v) is 17.7. The molecule has 2 fully saturated rings. The Morgan fingerprint density at radius 2 is 1.49 bits per heavy atom. The van der Waals surface area contributed by atoms with Crippen LogP contribution >= 0.6 is 32.9 Å². The van der Waals surface area contributed by atoms with E-state index in [1.165, 1.54) is 31.1 Å². The van der Waals surface area contributed by atoms with E-state index in [9.17, 15) is 38.7 Å². The summed E-state index contributed by atoms with van der Waals surface area (Å²) in [5.41, 5.74) is 0.909. The van der Waals surface area contributed by atoms with E-state index < -0.39 is 60.6 Å². The highest BCUT2D eigenvalue weighted by atomic mass is 33.1. The minimum absolute atomic E-state index is 0.0100. The smallest absolute Gasteiger partial charge is 0.307 e. The summed E-state index contributed by atoms with van der Waals surface area (Å²) >= 11 is 1.13.